The Morgan fingerprint density at radius 2 is 2.00 bits per heavy atom. The minimum atomic E-state index is -4.51. The Morgan fingerprint density at radius 1 is 1.38 bits per heavy atom. The number of halogens is 4. The van der Waals surface area contributed by atoms with Crippen LogP contribution >= 0.6 is 12.4 Å². The Kier molecular flexibility index (Phi) is 7.47. The number of hydrogen-bond acceptors (Lipinski definition) is 5. The lowest BCUT2D eigenvalue weighted by molar-refractivity contribution is -0.182. The van der Waals surface area contributed by atoms with Crippen LogP contribution in [0, 0.1) is 0 Å². The highest BCUT2D eigenvalue weighted by Gasteiger charge is 2.44. The molecule has 1 saturated heterocycles. The number of rotatable bonds is 6. The SMILES string of the molecule is CCn1cncc1S(=O)(=O)NCC(N1CCNCC1)C(F)(F)F.Cl. The lowest BCUT2D eigenvalue weighted by atomic mass is 10.2. The first-order valence-corrected chi connectivity index (χ1v) is 8.75. The summed E-state index contributed by atoms with van der Waals surface area (Å²) >= 11 is 0. The second-order valence-electron chi connectivity index (χ2n) is 5.21. The van der Waals surface area contributed by atoms with Gasteiger partial charge >= 0.3 is 6.18 Å². The third-order valence-corrected chi connectivity index (χ3v) is 5.16. The maximum absolute atomic E-state index is 13.3. The van der Waals surface area contributed by atoms with E-state index in [1.54, 1.807) is 6.92 Å². The molecule has 0 saturated carbocycles. The van der Waals surface area contributed by atoms with Crippen LogP contribution in [-0.2, 0) is 16.6 Å². The molecule has 1 aliphatic rings. The van der Waals surface area contributed by atoms with E-state index in [0.717, 1.165) is 6.20 Å². The van der Waals surface area contributed by atoms with Gasteiger partial charge in [-0.1, -0.05) is 0 Å². The molecule has 0 spiro atoms. The van der Waals surface area contributed by atoms with Crippen LogP contribution in [0.1, 0.15) is 6.92 Å². The Labute approximate surface area is 145 Å². The minimum absolute atomic E-state index is 0. The van der Waals surface area contributed by atoms with Crippen LogP contribution in [0.25, 0.3) is 0 Å². The smallest absolute Gasteiger partial charge is 0.321 e. The molecule has 0 amide bonds. The molecule has 1 fully saturated rings. The summed E-state index contributed by atoms with van der Waals surface area (Å²) < 4.78 is 67.6. The average Bonchev–Trinajstić information content (AvgIpc) is 2.96. The molecule has 7 nitrogen and oxygen atoms in total. The van der Waals surface area contributed by atoms with Crippen LogP contribution < -0.4 is 10.0 Å². The summed E-state index contributed by atoms with van der Waals surface area (Å²) in [6.45, 7) is 2.69. The molecular formula is C12H21ClF3N5O2S. The van der Waals surface area contributed by atoms with E-state index >= 15 is 0 Å². The Bertz CT molecular complexity index is 616. The van der Waals surface area contributed by atoms with Crippen molar-refractivity contribution in [1.29, 1.82) is 0 Å². The monoisotopic (exact) mass is 391 g/mol. The van der Waals surface area contributed by atoms with Gasteiger partial charge in [-0.2, -0.15) is 13.2 Å². The molecule has 0 aromatic carbocycles. The van der Waals surface area contributed by atoms with Crippen LogP contribution in [0.3, 0.4) is 0 Å². The van der Waals surface area contributed by atoms with Crippen molar-refractivity contribution in [3.05, 3.63) is 12.5 Å². The molecule has 1 unspecified atom stereocenters. The molecule has 2 heterocycles. The van der Waals surface area contributed by atoms with Crippen molar-refractivity contribution < 1.29 is 21.6 Å². The molecule has 1 atom stereocenters. The molecule has 1 aliphatic heterocycles. The molecule has 140 valence electrons. The van der Waals surface area contributed by atoms with Crippen molar-refractivity contribution >= 4 is 22.4 Å². The second kappa shape index (κ2) is 8.48. The molecule has 0 aliphatic carbocycles. The molecule has 24 heavy (non-hydrogen) atoms. The fourth-order valence-corrected chi connectivity index (χ4v) is 3.69. The van der Waals surface area contributed by atoms with Crippen LogP contribution in [-0.4, -0.2) is 67.8 Å². The first-order valence-electron chi connectivity index (χ1n) is 7.27. The maximum Gasteiger partial charge on any atom is 0.405 e. The zero-order valence-corrected chi connectivity index (χ0v) is 14.7. The van der Waals surface area contributed by atoms with E-state index in [1.807, 2.05) is 0 Å². The second-order valence-corrected chi connectivity index (χ2v) is 6.93. The first-order chi connectivity index (χ1) is 10.8. The number of nitrogens with one attached hydrogen (secondary N) is 2. The quantitative estimate of drug-likeness (QED) is 0.735. The Morgan fingerprint density at radius 3 is 2.54 bits per heavy atom. The number of sulfonamides is 1. The first kappa shape index (κ1) is 21.2. The molecule has 0 bridgehead atoms. The molecular weight excluding hydrogens is 371 g/mol. The van der Waals surface area contributed by atoms with Crippen molar-refractivity contribution in [3.63, 3.8) is 0 Å². The zero-order valence-electron chi connectivity index (χ0n) is 13.1. The van der Waals surface area contributed by atoms with Gasteiger partial charge in [0, 0.05) is 39.3 Å². The molecule has 1 aromatic heterocycles. The largest absolute Gasteiger partial charge is 0.405 e. The number of alkyl halides is 3. The summed E-state index contributed by atoms with van der Waals surface area (Å²) in [5, 5.41) is 2.83. The van der Waals surface area contributed by atoms with E-state index in [2.05, 4.69) is 15.0 Å². The summed E-state index contributed by atoms with van der Waals surface area (Å²) in [7, 11) is -4.05. The zero-order chi connectivity index (χ0) is 17.1. The van der Waals surface area contributed by atoms with Gasteiger partial charge in [-0.3, -0.25) is 4.90 Å². The third-order valence-electron chi connectivity index (χ3n) is 3.73. The molecule has 2 N–H and O–H groups in total. The highest BCUT2D eigenvalue weighted by molar-refractivity contribution is 7.89. The number of imidazole rings is 1. The van der Waals surface area contributed by atoms with Gasteiger partial charge in [-0.05, 0) is 6.92 Å². The van der Waals surface area contributed by atoms with Gasteiger partial charge < -0.3 is 9.88 Å². The van der Waals surface area contributed by atoms with Crippen molar-refractivity contribution in [3.8, 4) is 0 Å². The van der Waals surface area contributed by atoms with Crippen molar-refractivity contribution in [2.24, 2.45) is 0 Å². The number of aryl methyl sites for hydroxylation is 1. The molecule has 1 aromatic rings. The predicted octanol–water partition coefficient (Wildman–Crippen LogP) is 0.439. The standard InChI is InChI=1S/C12H20F3N5O2S.ClH/c1-2-19-9-17-8-11(19)23(21,22)18-7-10(12(13,14)15)20-5-3-16-4-6-20;/h8-10,16,18H,2-7H2,1H3;1H. The van der Waals surface area contributed by atoms with Gasteiger partial charge in [-0.25, -0.2) is 18.1 Å². The minimum Gasteiger partial charge on any atom is -0.321 e. The topological polar surface area (TPSA) is 79.3 Å². The van der Waals surface area contributed by atoms with E-state index in [-0.39, 0.29) is 30.5 Å². The number of hydrogen-bond donors (Lipinski definition) is 2. The predicted molar refractivity (Wildman–Crippen MR) is 84.6 cm³/mol. The summed E-state index contributed by atoms with van der Waals surface area (Å²) in [6, 6.07) is -1.85. The van der Waals surface area contributed by atoms with Crippen LogP contribution in [0.2, 0.25) is 0 Å². The summed E-state index contributed by atoms with van der Waals surface area (Å²) in [5.41, 5.74) is 0. The van der Waals surface area contributed by atoms with E-state index in [9.17, 15) is 21.6 Å². The normalized spacial score (nSPS) is 18.2. The van der Waals surface area contributed by atoms with E-state index in [0.29, 0.717) is 19.6 Å². The number of piperazine rings is 1. The Balaban J connectivity index is 0.00000288. The average molecular weight is 392 g/mol. The Hall–Kier alpha value is -0.880. The molecule has 0 radical (unpaired) electrons. The highest BCUT2D eigenvalue weighted by Crippen LogP contribution is 2.25. The number of nitrogens with zero attached hydrogens (tertiary/aromatic N) is 3. The van der Waals surface area contributed by atoms with E-state index in [1.165, 1.54) is 15.8 Å². The van der Waals surface area contributed by atoms with Gasteiger partial charge in [-0.15, -0.1) is 12.4 Å². The number of aromatic nitrogens is 2. The van der Waals surface area contributed by atoms with Gasteiger partial charge in [0.2, 0.25) is 0 Å². The highest BCUT2D eigenvalue weighted by atomic mass is 35.5. The summed E-state index contributed by atoms with van der Waals surface area (Å²) in [5.74, 6) is 0. The van der Waals surface area contributed by atoms with Crippen molar-refractivity contribution in [1.82, 2.24) is 24.5 Å². The van der Waals surface area contributed by atoms with Gasteiger partial charge in [0.05, 0.1) is 12.5 Å². The summed E-state index contributed by atoms with van der Waals surface area (Å²) in [6.07, 6.45) is -2.06. The lowest BCUT2D eigenvalue weighted by Crippen LogP contribution is -2.57. The molecule has 2 rings (SSSR count). The van der Waals surface area contributed by atoms with Crippen molar-refractivity contribution in [2.45, 2.75) is 30.7 Å². The lowest BCUT2D eigenvalue weighted by Gasteiger charge is -2.35. The van der Waals surface area contributed by atoms with Gasteiger partial charge in [0.1, 0.15) is 6.04 Å². The van der Waals surface area contributed by atoms with Crippen molar-refractivity contribution in [2.75, 3.05) is 32.7 Å². The fraction of sp³-hybridized carbons (Fsp3) is 0.750. The van der Waals surface area contributed by atoms with Crippen LogP contribution in [0.15, 0.2) is 17.6 Å². The fourth-order valence-electron chi connectivity index (χ4n) is 2.48. The van der Waals surface area contributed by atoms with E-state index in [4.69, 9.17) is 0 Å². The summed E-state index contributed by atoms with van der Waals surface area (Å²) in [4.78, 5) is 4.97. The van der Waals surface area contributed by atoms with Gasteiger partial charge in [0.15, 0.2) is 5.03 Å². The van der Waals surface area contributed by atoms with Crippen LogP contribution in [0.5, 0.6) is 0 Å². The van der Waals surface area contributed by atoms with Gasteiger partial charge in [0.25, 0.3) is 10.0 Å². The maximum atomic E-state index is 13.3. The van der Waals surface area contributed by atoms with E-state index < -0.39 is 28.8 Å². The third kappa shape index (κ3) is 5.06. The van der Waals surface area contributed by atoms with Crippen LogP contribution in [0.4, 0.5) is 13.2 Å². The molecule has 12 heteroatoms.